The van der Waals surface area contributed by atoms with Gasteiger partial charge < -0.3 is 19.5 Å². The summed E-state index contributed by atoms with van der Waals surface area (Å²) in [5.41, 5.74) is 2.10. The Morgan fingerprint density at radius 1 is 1.19 bits per heavy atom. The van der Waals surface area contributed by atoms with E-state index in [2.05, 4.69) is 5.32 Å². The van der Waals surface area contributed by atoms with Gasteiger partial charge in [0.05, 0.1) is 6.54 Å². The molecule has 0 saturated carbocycles. The molecule has 0 bridgehead atoms. The van der Waals surface area contributed by atoms with Gasteiger partial charge >= 0.3 is 5.97 Å². The molecule has 0 aliphatic carbocycles. The largest absolute Gasteiger partial charge is 0.448 e. The van der Waals surface area contributed by atoms with Crippen molar-refractivity contribution in [2.75, 3.05) is 18.9 Å². The van der Waals surface area contributed by atoms with Crippen LogP contribution in [0.1, 0.15) is 23.0 Å². The molecule has 0 saturated heterocycles. The molecule has 1 aromatic carbocycles. The molecule has 26 heavy (non-hydrogen) atoms. The van der Waals surface area contributed by atoms with Gasteiger partial charge in [0.1, 0.15) is 5.69 Å². The monoisotopic (exact) mass is 357 g/mol. The first-order valence-electron chi connectivity index (χ1n) is 8.21. The van der Waals surface area contributed by atoms with E-state index >= 15 is 0 Å². The number of carbonyl (C=O) groups is 3. The third-order valence-electron chi connectivity index (χ3n) is 3.88. The quantitative estimate of drug-likeness (QED) is 0.802. The van der Waals surface area contributed by atoms with E-state index in [1.54, 1.807) is 42.1 Å². The van der Waals surface area contributed by atoms with Crippen LogP contribution in [0.5, 0.6) is 0 Å². The Balaban J connectivity index is 1.87. The third kappa shape index (κ3) is 4.95. The van der Waals surface area contributed by atoms with Gasteiger partial charge in [-0.05, 0) is 38.1 Å². The van der Waals surface area contributed by atoms with Gasteiger partial charge in [0.25, 0.3) is 5.91 Å². The van der Waals surface area contributed by atoms with Crippen LogP contribution < -0.4 is 5.32 Å². The highest BCUT2D eigenvalue weighted by Gasteiger charge is 2.24. The van der Waals surface area contributed by atoms with Crippen LogP contribution >= 0.6 is 0 Å². The highest BCUT2D eigenvalue weighted by atomic mass is 16.5. The number of benzene rings is 1. The van der Waals surface area contributed by atoms with E-state index in [1.165, 1.54) is 18.9 Å². The fourth-order valence-corrected chi connectivity index (χ4v) is 2.39. The molecule has 0 unspecified atom stereocenters. The predicted octanol–water partition coefficient (Wildman–Crippen LogP) is 1.98. The number of esters is 1. The van der Waals surface area contributed by atoms with Crippen molar-refractivity contribution in [2.45, 2.75) is 20.0 Å². The van der Waals surface area contributed by atoms with Crippen LogP contribution in [-0.4, -0.2) is 46.9 Å². The molecule has 2 aromatic rings. The van der Waals surface area contributed by atoms with Crippen LogP contribution in [0.2, 0.25) is 0 Å². The molecule has 7 nitrogen and oxygen atoms in total. The second-order valence-electron chi connectivity index (χ2n) is 6.16. The van der Waals surface area contributed by atoms with Gasteiger partial charge in [0, 0.05) is 26.0 Å². The average Bonchev–Trinajstić information content (AvgIpc) is 3.02. The van der Waals surface area contributed by atoms with Crippen molar-refractivity contribution in [3.63, 3.8) is 0 Å². The summed E-state index contributed by atoms with van der Waals surface area (Å²) >= 11 is 0. The fourth-order valence-electron chi connectivity index (χ4n) is 2.39. The van der Waals surface area contributed by atoms with Gasteiger partial charge in [-0.2, -0.15) is 0 Å². The maximum atomic E-state index is 12.3. The first kappa shape index (κ1) is 19.2. The second kappa shape index (κ2) is 8.33. The Bertz CT molecular complexity index is 795. The molecule has 138 valence electrons. The number of aromatic nitrogens is 1. The molecule has 0 aliphatic rings. The van der Waals surface area contributed by atoms with Crippen LogP contribution in [0, 0.1) is 6.92 Å². The third-order valence-corrected chi connectivity index (χ3v) is 3.88. The van der Waals surface area contributed by atoms with Crippen LogP contribution in [-0.2, 0) is 21.4 Å². The van der Waals surface area contributed by atoms with Gasteiger partial charge in [0.2, 0.25) is 5.91 Å². The van der Waals surface area contributed by atoms with Crippen LogP contribution in [0.4, 0.5) is 5.69 Å². The van der Waals surface area contributed by atoms with E-state index in [0.717, 1.165) is 5.56 Å². The zero-order valence-corrected chi connectivity index (χ0v) is 15.4. The summed E-state index contributed by atoms with van der Waals surface area (Å²) in [6, 6.07) is 10.7. The highest BCUT2D eigenvalue weighted by Crippen LogP contribution is 2.09. The Hall–Kier alpha value is -3.09. The summed E-state index contributed by atoms with van der Waals surface area (Å²) in [4.78, 5) is 37.7. The fraction of sp³-hybridized carbons (Fsp3) is 0.316. The molecule has 1 aromatic heterocycles. The molecular weight excluding hydrogens is 334 g/mol. The van der Waals surface area contributed by atoms with Crippen molar-refractivity contribution in [1.82, 2.24) is 9.47 Å². The van der Waals surface area contributed by atoms with Crippen molar-refractivity contribution in [1.29, 1.82) is 0 Å². The Labute approximate surface area is 152 Å². The second-order valence-corrected chi connectivity index (χ2v) is 6.16. The van der Waals surface area contributed by atoms with E-state index in [4.69, 9.17) is 4.74 Å². The first-order valence-corrected chi connectivity index (χ1v) is 8.21. The van der Waals surface area contributed by atoms with E-state index in [9.17, 15) is 14.4 Å². The molecule has 1 heterocycles. The molecule has 7 heteroatoms. The summed E-state index contributed by atoms with van der Waals surface area (Å²) in [5, 5.41) is 2.72. The number of aryl methyl sites for hydroxylation is 2. The molecule has 0 fully saturated rings. The summed E-state index contributed by atoms with van der Waals surface area (Å²) in [6.07, 6.45) is 0.722. The van der Waals surface area contributed by atoms with Crippen molar-refractivity contribution in [2.24, 2.45) is 7.05 Å². The number of nitrogens with zero attached hydrogens (tertiary/aromatic N) is 2. The Kier molecular flexibility index (Phi) is 6.16. The highest BCUT2D eigenvalue weighted by molar-refractivity contribution is 5.96. The molecule has 0 radical (unpaired) electrons. The topological polar surface area (TPSA) is 80.6 Å². The minimum Gasteiger partial charge on any atom is -0.448 e. The Morgan fingerprint density at radius 3 is 2.42 bits per heavy atom. The zero-order chi connectivity index (χ0) is 19.3. The van der Waals surface area contributed by atoms with Crippen molar-refractivity contribution >= 4 is 23.5 Å². The van der Waals surface area contributed by atoms with Gasteiger partial charge in [-0.3, -0.25) is 9.59 Å². The standard InChI is InChI=1S/C19H23N3O4/c1-13-7-9-15(10-8-13)20-17(23)12-22(4)18(24)14(2)26-19(25)16-6-5-11-21(16)3/h5-11,14H,12H2,1-4H3,(H,20,23)/t14-/m0/s1. The average molecular weight is 357 g/mol. The number of hydrogen-bond acceptors (Lipinski definition) is 4. The maximum absolute atomic E-state index is 12.3. The first-order chi connectivity index (χ1) is 12.3. The van der Waals surface area contributed by atoms with Crippen molar-refractivity contribution in [3.8, 4) is 0 Å². The van der Waals surface area contributed by atoms with E-state index < -0.39 is 18.0 Å². The van der Waals surface area contributed by atoms with E-state index in [0.29, 0.717) is 11.4 Å². The number of likely N-dealkylation sites (N-methyl/N-ethyl adjacent to an activating group) is 1. The number of ether oxygens (including phenoxy) is 1. The normalized spacial score (nSPS) is 11.5. The zero-order valence-electron chi connectivity index (χ0n) is 15.4. The Morgan fingerprint density at radius 2 is 1.85 bits per heavy atom. The number of amides is 2. The smallest absolute Gasteiger partial charge is 0.355 e. The van der Waals surface area contributed by atoms with Gasteiger partial charge in [-0.1, -0.05) is 17.7 Å². The lowest BCUT2D eigenvalue weighted by atomic mass is 10.2. The molecule has 1 N–H and O–H groups in total. The van der Waals surface area contributed by atoms with Crippen molar-refractivity contribution in [3.05, 3.63) is 53.9 Å². The van der Waals surface area contributed by atoms with Gasteiger partial charge in [-0.15, -0.1) is 0 Å². The summed E-state index contributed by atoms with van der Waals surface area (Å²) < 4.78 is 6.80. The summed E-state index contributed by atoms with van der Waals surface area (Å²) in [7, 11) is 3.20. The summed E-state index contributed by atoms with van der Waals surface area (Å²) in [5.74, 6) is -1.37. The molecule has 2 rings (SSSR count). The van der Waals surface area contributed by atoms with Gasteiger partial charge in [-0.25, -0.2) is 4.79 Å². The summed E-state index contributed by atoms with van der Waals surface area (Å²) in [6.45, 7) is 3.30. The van der Waals surface area contributed by atoms with Crippen molar-refractivity contribution < 1.29 is 19.1 Å². The number of rotatable bonds is 6. The lowest BCUT2D eigenvalue weighted by Crippen LogP contribution is -2.41. The van der Waals surface area contributed by atoms with E-state index in [-0.39, 0.29) is 12.5 Å². The lowest BCUT2D eigenvalue weighted by molar-refractivity contribution is -0.140. The SMILES string of the molecule is Cc1ccc(NC(=O)CN(C)C(=O)[C@H](C)OC(=O)c2cccn2C)cc1. The van der Waals surface area contributed by atoms with Crippen LogP contribution in [0.15, 0.2) is 42.6 Å². The minimum atomic E-state index is -0.991. The molecule has 0 aliphatic heterocycles. The van der Waals surface area contributed by atoms with Crippen LogP contribution in [0.3, 0.4) is 0 Å². The lowest BCUT2D eigenvalue weighted by Gasteiger charge is -2.21. The minimum absolute atomic E-state index is 0.140. The van der Waals surface area contributed by atoms with E-state index in [1.807, 2.05) is 19.1 Å². The molecule has 2 amide bonds. The number of carbonyl (C=O) groups excluding carboxylic acids is 3. The predicted molar refractivity (Wildman–Crippen MR) is 97.7 cm³/mol. The number of hydrogen-bond donors (Lipinski definition) is 1. The number of anilines is 1. The molecule has 1 atom stereocenters. The maximum Gasteiger partial charge on any atom is 0.355 e. The number of nitrogens with one attached hydrogen (secondary N) is 1. The van der Waals surface area contributed by atoms with Crippen LogP contribution in [0.25, 0.3) is 0 Å². The molecule has 0 spiro atoms. The molecular formula is C19H23N3O4. The van der Waals surface area contributed by atoms with Gasteiger partial charge in [0.15, 0.2) is 6.10 Å².